The number of aliphatic imine (C=N–C) groups is 2. The Morgan fingerprint density at radius 3 is 2.41 bits per heavy atom. The summed E-state index contributed by atoms with van der Waals surface area (Å²) < 4.78 is 1.42. The Morgan fingerprint density at radius 2 is 1.71 bits per heavy atom. The van der Waals surface area contributed by atoms with Crippen LogP contribution in [0, 0.1) is 0 Å². The topological polar surface area (TPSA) is 102 Å². The molecule has 4 aromatic rings. The second-order valence-corrected chi connectivity index (χ2v) is 7.75. The molecular weight excluding hydrogens is 475 g/mol. The highest BCUT2D eigenvalue weighted by molar-refractivity contribution is 6.38. The van der Waals surface area contributed by atoms with Gasteiger partial charge in [0.05, 0.1) is 27.0 Å². The fraction of sp³-hybridized carbons (Fsp3) is 0. The molecule has 0 saturated carbocycles. The van der Waals surface area contributed by atoms with E-state index in [-0.39, 0.29) is 22.1 Å². The number of para-hydroxylation sites is 1. The van der Waals surface area contributed by atoms with Gasteiger partial charge in [-0.15, -0.1) is 0 Å². The van der Waals surface area contributed by atoms with Crippen LogP contribution < -0.4 is 5.32 Å². The molecule has 1 N–H and O–H groups in total. The van der Waals surface area contributed by atoms with E-state index in [1.165, 1.54) is 22.9 Å². The molecule has 2 aromatic heterocycles. The van der Waals surface area contributed by atoms with E-state index in [2.05, 4.69) is 38.8 Å². The molecule has 0 saturated heterocycles. The number of halogens is 2. The van der Waals surface area contributed by atoms with Crippen molar-refractivity contribution in [3.05, 3.63) is 88.0 Å². The molecule has 0 aliphatic carbocycles. The molecule has 10 heteroatoms. The van der Waals surface area contributed by atoms with Gasteiger partial charge >= 0.3 is 0 Å². The molecule has 0 spiro atoms. The number of aromatic nitrogens is 3. The third-order valence-corrected chi connectivity index (χ3v) is 5.41. The highest BCUT2D eigenvalue weighted by atomic mass is 35.5. The number of hydrogen-bond donors (Lipinski definition) is 1. The molecule has 0 aliphatic rings. The first kappa shape index (κ1) is 23.0. The average molecular weight is 491 g/mol. The van der Waals surface area contributed by atoms with Crippen LogP contribution in [0.3, 0.4) is 0 Å². The Morgan fingerprint density at radius 1 is 0.941 bits per heavy atom. The summed E-state index contributed by atoms with van der Waals surface area (Å²) in [6, 6.07) is 18.6. The van der Waals surface area contributed by atoms with Crippen LogP contribution in [0.1, 0.15) is 20.8 Å². The van der Waals surface area contributed by atoms with Crippen molar-refractivity contribution >= 4 is 60.1 Å². The van der Waals surface area contributed by atoms with Crippen molar-refractivity contribution in [1.82, 2.24) is 14.8 Å². The molecule has 8 nitrogen and oxygen atoms in total. The Balaban J connectivity index is 1.74. The van der Waals surface area contributed by atoms with Gasteiger partial charge in [0.2, 0.25) is 0 Å². The average Bonchev–Trinajstić information content (AvgIpc) is 3.27. The molecule has 2 amide bonds. The number of pyridine rings is 1. The smallest absolute Gasteiger partial charge is 0.296 e. The lowest BCUT2D eigenvalue weighted by molar-refractivity contribution is 0.0996. The van der Waals surface area contributed by atoms with Crippen molar-refractivity contribution < 1.29 is 9.59 Å². The summed E-state index contributed by atoms with van der Waals surface area (Å²) in [5.74, 6) is -0.511. The third kappa shape index (κ3) is 4.63. The van der Waals surface area contributed by atoms with Gasteiger partial charge in [0.25, 0.3) is 11.8 Å². The van der Waals surface area contributed by atoms with E-state index in [0.717, 1.165) is 0 Å². The maximum Gasteiger partial charge on any atom is 0.296 e. The molecule has 34 heavy (non-hydrogen) atoms. The Hall–Kier alpha value is -4.14. The monoisotopic (exact) mass is 490 g/mol. The summed E-state index contributed by atoms with van der Waals surface area (Å²) in [7, 11) is 0. The summed E-state index contributed by atoms with van der Waals surface area (Å²) in [5.41, 5.74) is 1.79. The maximum absolute atomic E-state index is 13.2. The fourth-order valence-corrected chi connectivity index (χ4v) is 3.75. The molecule has 4 rings (SSSR count). The minimum atomic E-state index is -0.626. The normalized spacial score (nSPS) is 10.5. The zero-order valence-electron chi connectivity index (χ0n) is 17.6. The first-order valence-electron chi connectivity index (χ1n) is 9.82. The molecule has 168 valence electrons. The van der Waals surface area contributed by atoms with Crippen LogP contribution in [-0.2, 0) is 0 Å². The van der Waals surface area contributed by atoms with Crippen LogP contribution in [0.4, 0.5) is 11.6 Å². The van der Waals surface area contributed by atoms with Gasteiger partial charge in [-0.05, 0) is 49.8 Å². The summed E-state index contributed by atoms with van der Waals surface area (Å²) >= 11 is 12.7. The third-order valence-electron chi connectivity index (χ3n) is 4.79. The molecule has 2 heterocycles. The van der Waals surface area contributed by atoms with Gasteiger partial charge in [0.15, 0.2) is 11.5 Å². The first-order valence-corrected chi connectivity index (χ1v) is 10.6. The standard InChI is InChI=1S/C24H16Cl2N6O2/c1-27-21-10-6-9-19(29-21)15-11-16(18(26)12-17(15)25)23(33)30-22-13-20(24(34)28-2)31-32(22)14-7-4-3-5-8-14/h3-13H,1-2H2,(H,30,33). The van der Waals surface area contributed by atoms with Gasteiger partial charge in [-0.2, -0.15) is 5.10 Å². The number of rotatable bonds is 6. The number of amides is 2. The summed E-state index contributed by atoms with van der Waals surface area (Å²) in [4.78, 5) is 36.9. The van der Waals surface area contributed by atoms with Crippen molar-refractivity contribution in [3.8, 4) is 16.9 Å². The first-order chi connectivity index (χ1) is 16.4. The van der Waals surface area contributed by atoms with Crippen molar-refractivity contribution in [3.63, 3.8) is 0 Å². The summed E-state index contributed by atoms with van der Waals surface area (Å²) in [5, 5.41) is 7.47. The number of nitrogens with one attached hydrogen (secondary N) is 1. The Labute approximate surface area is 204 Å². The number of anilines is 1. The molecule has 0 atom stereocenters. The largest absolute Gasteiger partial charge is 0.306 e. The van der Waals surface area contributed by atoms with Gasteiger partial charge < -0.3 is 5.32 Å². The molecular formula is C24H16Cl2N6O2. The van der Waals surface area contributed by atoms with E-state index >= 15 is 0 Å². The van der Waals surface area contributed by atoms with Crippen LogP contribution >= 0.6 is 23.2 Å². The fourth-order valence-electron chi connectivity index (χ4n) is 3.19. The number of benzene rings is 2. The molecule has 0 unspecified atom stereocenters. The minimum absolute atomic E-state index is 0.0231. The van der Waals surface area contributed by atoms with Crippen molar-refractivity contribution in [2.45, 2.75) is 0 Å². The summed E-state index contributed by atoms with van der Waals surface area (Å²) in [6.45, 7) is 6.72. The Kier molecular flexibility index (Phi) is 6.62. The van der Waals surface area contributed by atoms with Crippen molar-refractivity contribution in [2.24, 2.45) is 9.98 Å². The molecule has 0 fully saturated rings. The minimum Gasteiger partial charge on any atom is -0.306 e. The van der Waals surface area contributed by atoms with Crippen LogP contribution in [0.5, 0.6) is 0 Å². The predicted octanol–water partition coefficient (Wildman–Crippen LogP) is 5.67. The number of carbonyl (C=O) groups excluding carboxylic acids is 2. The second-order valence-electron chi connectivity index (χ2n) is 6.93. The maximum atomic E-state index is 13.2. The van der Waals surface area contributed by atoms with Crippen LogP contribution in [0.15, 0.2) is 76.7 Å². The predicted molar refractivity (Wildman–Crippen MR) is 134 cm³/mol. The molecule has 2 aromatic carbocycles. The van der Waals surface area contributed by atoms with E-state index in [4.69, 9.17) is 23.2 Å². The van der Waals surface area contributed by atoms with Gasteiger partial charge in [-0.3, -0.25) is 9.59 Å². The quantitative estimate of drug-likeness (QED) is 0.352. The lowest BCUT2D eigenvalue weighted by Crippen LogP contribution is -2.16. The highest BCUT2D eigenvalue weighted by Gasteiger charge is 2.20. The van der Waals surface area contributed by atoms with Crippen LogP contribution in [0.25, 0.3) is 16.9 Å². The number of carbonyl (C=O) groups is 2. The number of hydrogen-bond acceptors (Lipinski definition) is 5. The van der Waals surface area contributed by atoms with E-state index in [1.54, 1.807) is 42.5 Å². The Bertz CT molecular complexity index is 1430. The van der Waals surface area contributed by atoms with E-state index in [1.807, 2.05) is 6.07 Å². The summed E-state index contributed by atoms with van der Waals surface area (Å²) in [6.07, 6.45) is 0. The highest BCUT2D eigenvalue weighted by Crippen LogP contribution is 2.33. The second kappa shape index (κ2) is 9.78. The number of nitrogens with zero attached hydrogens (tertiary/aromatic N) is 5. The van der Waals surface area contributed by atoms with Gasteiger partial charge in [-0.1, -0.05) is 47.5 Å². The van der Waals surface area contributed by atoms with E-state index in [9.17, 15) is 9.59 Å². The van der Waals surface area contributed by atoms with Crippen molar-refractivity contribution in [2.75, 3.05) is 5.32 Å². The molecule has 0 aliphatic heterocycles. The SMILES string of the molecule is C=NC(=O)c1cc(NC(=O)c2cc(-c3cccc(N=C)n3)c(Cl)cc2Cl)n(-c2ccccc2)n1. The van der Waals surface area contributed by atoms with Crippen LogP contribution in [0.2, 0.25) is 10.0 Å². The zero-order chi connectivity index (χ0) is 24.2. The lowest BCUT2D eigenvalue weighted by Gasteiger charge is -2.12. The van der Waals surface area contributed by atoms with Crippen LogP contribution in [-0.4, -0.2) is 40.0 Å². The van der Waals surface area contributed by atoms with Gasteiger partial charge in [-0.25, -0.2) is 19.7 Å². The van der Waals surface area contributed by atoms with Gasteiger partial charge in [0, 0.05) is 11.6 Å². The van der Waals surface area contributed by atoms with Gasteiger partial charge in [0.1, 0.15) is 5.82 Å². The lowest BCUT2D eigenvalue weighted by atomic mass is 10.1. The van der Waals surface area contributed by atoms with Crippen molar-refractivity contribution in [1.29, 1.82) is 0 Å². The zero-order valence-corrected chi connectivity index (χ0v) is 19.1. The van der Waals surface area contributed by atoms with E-state index < -0.39 is 11.8 Å². The molecule has 0 bridgehead atoms. The van der Waals surface area contributed by atoms with E-state index in [0.29, 0.717) is 27.8 Å². The molecule has 0 radical (unpaired) electrons.